The normalized spacial score (nSPS) is 14.5. The van der Waals surface area contributed by atoms with Crippen LogP contribution >= 0.6 is 11.6 Å². The van der Waals surface area contributed by atoms with Gasteiger partial charge in [0.05, 0.1) is 26.9 Å². The number of methoxy groups -OCH3 is 1. The molecule has 118 valence electrons. The first-order valence-electron chi connectivity index (χ1n) is 7.30. The zero-order valence-electron chi connectivity index (χ0n) is 12.5. The van der Waals surface area contributed by atoms with Crippen molar-refractivity contribution in [3.05, 3.63) is 40.4 Å². The largest absolute Gasteiger partial charge is 0.497 e. The molecule has 0 unspecified atom stereocenters. The van der Waals surface area contributed by atoms with Crippen molar-refractivity contribution in [1.82, 2.24) is 20.1 Å². The second-order valence-electron chi connectivity index (χ2n) is 5.11. The molecular formula is C15H19ClN4O2. The Morgan fingerprint density at radius 1 is 1.32 bits per heavy atom. The molecule has 0 fully saturated rings. The van der Waals surface area contributed by atoms with Gasteiger partial charge in [-0.15, -0.1) is 10.2 Å². The number of fused-ring (bicyclic) bond motifs is 1. The molecule has 0 atom stereocenters. The molecule has 22 heavy (non-hydrogen) atoms. The quantitative estimate of drug-likeness (QED) is 0.909. The van der Waals surface area contributed by atoms with E-state index in [9.17, 15) is 0 Å². The molecule has 0 aliphatic carbocycles. The molecule has 2 heterocycles. The van der Waals surface area contributed by atoms with Gasteiger partial charge in [0.25, 0.3) is 0 Å². The van der Waals surface area contributed by atoms with E-state index in [0.717, 1.165) is 35.9 Å². The predicted octanol–water partition coefficient (Wildman–Crippen LogP) is 1.80. The predicted molar refractivity (Wildman–Crippen MR) is 83.1 cm³/mol. The average molecular weight is 323 g/mol. The number of nitrogens with zero attached hydrogens (tertiary/aromatic N) is 3. The maximum Gasteiger partial charge on any atom is 0.147 e. The van der Waals surface area contributed by atoms with Gasteiger partial charge in [-0.1, -0.05) is 17.7 Å². The summed E-state index contributed by atoms with van der Waals surface area (Å²) in [6.07, 6.45) is 0.817. The summed E-state index contributed by atoms with van der Waals surface area (Å²) in [6, 6.07) is 5.69. The van der Waals surface area contributed by atoms with Gasteiger partial charge in [-0.3, -0.25) is 0 Å². The molecule has 1 aromatic heterocycles. The van der Waals surface area contributed by atoms with Crippen molar-refractivity contribution in [2.24, 2.45) is 0 Å². The highest BCUT2D eigenvalue weighted by Gasteiger charge is 2.14. The van der Waals surface area contributed by atoms with Crippen LogP contribution in [0.4, 0.5) is 0 Å². The van der Waals surface area contributed by atoms with Gasteiger partial charge in [0.1, 0.15) is 17.4 Å². The van der Waals surface area contributed by atoms with Gasteiger partial charge in [0.2, 0.25) is 0 Å². The summed E-state index contributed by atoms with van der Waals surface area (Å²) in [7, 11) is 1.63. The summed E-state index contributed by atoms with van der Waals surface area (Å²) in [5.41, 5.74) is 1.03. The summed E-state index contributed by atoms with van der Waals surface area (Å²) >= 11 is 6.24. The van der Waals surface area contributed by atoms with Gasteiger partial charge in [0, 0.05) is 24.5 Å². The molecule has 0 bridgehead atoms. The zero-order valence-corrected chi connectivity index (χ0v) is 13.3. The van der Waals surface area contributed by atoms with Crippen molar-refractivity contribution in [2.75, 3.05) is 20.3 Å². The van der Waals surface area contributed by atoms with E-state index >= 15 is 0 Å². The molecule has 0 spiro atoms. The Kier molecular flexibility index (Phi) is 4.92. The van der Waals surface area contributed by atoms with Crippen LogP contribution in [-0.2, 0) is 30.8 Å². The summed E-state index contributed by atoms with van der Waals surface area (Å²) < 4.78 is 12.7. The van der Waals surface area contributed by atoms with Gasteiger partial charge in [-0.25, -0.2) is 0 Å². The average Bonchev–Trinajstić information content (AvgIpc) is 2.76. The van der Waals surface area contributed by atoms with E-state index < -0.39 is 0 Å². The van der Waals surface area contributed by atoms with Crippen LogP contribution in [0.2, 0.25) is 5.02 Å². The summed E-state index contributed by atoms with van der Waals surface area (Å²) in [5, 5.41) is 12.6. The van der Waals surface area contributed by atoms with Crippen LogP contribution in [0.1, 0.15) is 17.2 Å². The minimum atomic E-state index is 0.648. The summed E-state index contributed by atoms with van der Waals surface area (Å²) in [4.78, 5) is 0. The minimum absolute atomic E-state index is 0.648. The van der Waals surface area contributed by atoms with E-state index in [1.54, 1.807) is 7.11 Å². The van der Waals surface area contributed by atoms with Crippen molar-refractivity contribution < 1.29 is 9.47 Å². The summed E-state index contributed by atoms with van der Waals surface area (Å²) in [5.74, 6) is 2.69. The lowest BCUT2D eigenvalue weighted by Gasteiger charge is -2.09. The third kappa shape index (κ3) is 3.40. The van der Waals surface area contributed by atoms with Gasteiger partial charge >= 0.3 is 0 Å². The summed E-state index contributed by atoms with van der Waals surface area (Å²) in [6.45, 7) is 3.55. The van der Waals surface area contributed by atoms with Crippen LogP contribution in [-0.4, -0.2) is 35.1 Å². The van der Waals surface area contributed by atoms with Crippen LogP contribution in [0, 0.1) is 0 Å². The van der Waals surface area contributed by atoms with Gasteiger partial charge in [-0.2, -0.15) is 0 Å². The Labute approximate surface area is 134 Å². The molecule has 6 nitrogen and oxygen atoms in total. The van der Waals surface area contributed by atoms with E-state index in [2.05, 4.69) is 20.1 Å². The number of aromatic nitrogens is 3. The molecule has 1 N–H and O–H groups in total. The van der Waals surface area contributed by atoms with E-state index in [4.69, 9.17) is 21.1 Å². The van der Waals surface area contributed by atoms with E-state index in [1.165, 1.54) is 0 Å². The van der Waals surface area contributed by atoms with Crippen LogP contribution < -0.4 is 10.1 Å². The molecule has 7 heteroatoms. The fourth-order valence-electron chi connectivity index (χ4n) is 2.47. The van der Waals surface area contributed by atoms with Gasteiger partial charge in [0.15, 0.2) is 0 Å². The van der Waals surface area contributed by atoms with Crippen LogP contribution in [0.25, 0.3) is 0 Å². The number of hydrogen-bond donors (Lipinski definition) is 1. The molecule has 2 aromatic rings. The Hall–Kier alpha value is -1.63. The highest BCUT2D eigenvalue weighted by Crippen LogP contribution is 2.22. The first-order chi connectivity index (χ1) is 10.8. The molecule has 3 rings (SSSR count). The lowest BCUT2D eigenvalue weighted by atomic mass is 10.2. The second kappa shape index (κ2) is 7.09. The molecule has 0 saturated carbocycles. The third-order valence-electron chi connectivity index (χ3n) is 3.69. The maximum atomic E-state index is 6.24. The first kappa shape index (κ1) is 15.3. The molecule has 0 radical (unpaired) electrons. The van der Waals surface area contributed by atoms with Crippen LogP contribution in [0.15, 0.2) is 18.2 Å². The topological polar surface area (TPSA) is 61.2 Å². The van der Waals surface area contributed by atoms with E-state index in [1.807, 2.05) is 18.2 Å². The van der Waals surface area contributed by atoms with Crippen LogP contribution in [0.3, 0.4) is 0 Å². The Balaban J connectivity index is 1.60. The van der Waals surface area contributed by atoms with Gasteiger partial charge < -0.3 is 19.4 Å². The smallest absolute Gasteiger partial charge is 0.147 e. The maximum absolute atomic E-state index is 6.24. The standard InChI is InChI=1S/C15H19ClN4O2/c1-21-12-3-2-11(13(16)8-12)9-17-10-15-19-18-14-4-6-22-7-5-20(14)15/h2-3,8,17H,4-7,9-10H2,1H3. The number of halogens is 1. The third-order valence-corrected chi connectivity index (χ3v) is 4.04. The zero-order chi connectivity index (χ0) is 15.4. The van der Waals surface area contributed by atoms with Crippen molar-refractivity contribution in [3.8, 4) is 5.75 Å². The van der Waals surface area contributed by atoms with E-state index in [-0.39, 0.29) is 0 Å². The number of benzene rings is 1. The monoisotopic (exact) mass is 322 g/mol. The van der Waals surface area contributed by atoms with Crippen molar-refractivity contribution >= 4 is 11.6 Å². The van der Waals surface area contributed by atoms with E-state index in [0.29, 0.717) is 31.3 Å². The fourth-order valence-corrected chi connectivity index (χ4v) is 2.71. The second-order valence-corrected chi connectivity index (χ2v) is 5.51. The number of ether oxygens (including phenoxy) is 2. The lowest BCUT2D eigenvalue weighted by Crippen LogP contribution is -2.18. The Bertz CT molecular complexity index is 644. The SMILES string of the molecule is COc1ccc(CNCc2nnc3n2CCOCC3)c(Cl)c1. The molecule has 0 saturated heterocycles. The molecule has 1 aliphatic heterocycles. The van der Waals surface area contributed by atoms with Crippen molar-refractivity contribution in [2.45, 2.75) is 26.1 Å². The molecule has 1 aromatic carbocycles. The number of hydrogen-bond acceptors (Lipinski definition) is 5. The number of rotatable bonds is 5. The highest BCUT2D eigenvalue weighted by atomic mass is 35.5. The minimum Gasteiger partial charge on any atom is -0.497 e. The lowest BCUT2D eigenvalue weighted by molar-refractivity contribution is 0.139. The van der Waals surface area contributed by atoms with Crippen molar-refractivity contribution in [1.29, 1.82) is 0 Å². The Morgan fingerprint density at radius 2 is 2.23 bits per heavy atom. The fraction of sp³-hybridized carbons (Fsp3) is 0.467. The first-order valence-corrected chi connectivity index (χ1v) is 7.67. The molecule has 1 aliphatic rings. The number of nitrogens with one attached hydrogen (secondary N) is 1. The molecular weight excluding hydrogens is 304 g/mol. The highest BCUT2D eigenvalue weighted by molar-refractivity contribution is 6.31. The van der Waals surface area contributed by atoms with Crippen LogP contribution in [0.5, 0.6) is 5.75 Å². The van der Waals surface area contributed by atoms with Crippen molar-refractivity contribution in [3.63, 3.8) is 0 Å². The van der Waals surface area contributed by atoms with Gasteiger partial charge in [-0.05, 0) is 17.7 Å². The molecule has 0 amide bonds. The Morgan fingerprint density at radius 3 is 3.05 bits per heavy atom.